The smallest absolute Gasteiger partial charge is 0.264 e. The summed E-state index contributed by atoms with van der Waals surface area (Å²) in [5.41, 5.74) is 1.22. The van der Waals surface area contributed by atoms with Crippen molar-refractivity contribution in [1.82, 2.24) is 15.1 Å². The Bertz CT molecular complexity index is 616. The zero-order valence-corrected chi connectivity index (χ0v) is 15.6. The predicted octanol–water partition coefficient (Wildman–Crippen LogP) is 2.04. The summed E-state index contributed by atoms with van der Waals surface area (Å²) in [4.78, 5) is 31.1. The van der Waals surface area contributed by atoms with E-state index in [-0.39, 0.29) is 17.9 Å². The van der Waals surface area contributed by atoms with Crippen LogP contribution in [0.2, 0.25) is 0 Å². The molecular formula is C18H27N3O2S. The minimum atomic E-state index is -0.112. The van der Waals surface area contributed by atoms with E-state index in [0.717, 1.165) is 37.2 Å². The van der Waals surface area contributed by atoms with Gasteiger partial charge in [-0.25, -0.2) is 0 Å². The van der Waals surface area contributed by atoms with Crippen molar-refractivity contribution in [1.29, 1.82) is 0 Å². The molecule has 24 heavy (non-hydrogen) atoms. The molecule has 0 aromatic carbocycles. The summed E-state index contributed by atoms with van der Waals surface area (Å²) < 4.78 is 0. The Morgan fingerprint density at radius 2 is 1.96 bits per heavy atom. The van der Waals surface area contributed by atoms with Crippen LogP contribution in [0.25, 0.3) is 0 Å². The maximum Gasteiger partial charge on any atom is 0.264 e. The van der Waals surface area contributed by atoms with Crippen LogP contribution in [0.15, 0.2) is 6.07 Å². The van der Waals surface area contributed by atoms with E-state index in [1.54, 1.807) is 11.3 Å². The number of nitrogens with zero attached hydrogens (tertiary/aromatic N) is 2. The molecule has 2 amide bonds. The number of thiophene rings is 1. The average Bonchev–Trinajstić information content (AvgIpc) is 3.33. The van der Waals surface area contributed by atoms with E-state index in [1.165, 1.54) is 10.4 Å². The van der Waals surface area contributed by atoms with E-state index in [9.17, 15) is 9.59 Å². The highest BCUT2D eigenvalue weighted by atomic mass is 32.1. The maximum atomic E-state index is 12.7. The Labute approximate surface area is 148 Å². The SMILES string of the molecule is CCc1sc(C(=O)N2CCN(C(C)C(=O)NC3CC3)CC2)cc1C. The monoisotopic (exact) mass is 349 g/mol. The van der Waals surface area contributed by atoms with E-state index in [2.05, 4.69) is 24.1 Å². The van der Waals surface area contributed by atoms with Gasteiger partial charge in [-0.05, 0) is 44.7 Å². The highest BCUT2D eigenvalue weighted by Crippen LogP contribution is 2.24. The van der Waals surface area contributed by atoms with Crippen molar-refractivity contribution in [3.63, 3.8) is 0 Å². The van der Waals surface area contributed by atoms with Gasteiger partial charge >= 0.3 is 0 Å². The lowest BCUT2D eigenvalue weighted by Crippen LogP contribution is -2.55. The van der Waals surface area contributed by atoms with E-state index in [4.69, 9.17) is 0 Å². The number of carbonyl (C=O) groups is 2. The third kappa shape index (κ3) is 3.81. The number of hydrogen-bond acceptors (Lipinski definition) is 4. The largest absolute Gasteiger partial charge is 0.352 e. The summed E-state index contributed by atoms with van der Waals surface area (Å²) in [6, 6.07) is 2.31. The van der Waals surface area contributed by atoms with Crippen LogP contribution in [0.5, 0.6) is 0 Å². The Morgan fingerprint density at radius 3 is 2.50 bits per heavy atom. The minimum Gasteiger partial charge on any atom is -0.352 e. The van der Waals surface area contributed by atoms with Gasteiger partial charge in [0.2, 0.25) is 5.91 Å². The molecule has 1 aliphatic carbocycles. The van der Waals surface area contributed by atoms with Crippen LogP contribution in [0, 0.1) is 6.92 Å². The topological polar surface area (TPSA) is 52.7 Å². The molecule has 1 unspecified atom stereocenters. The molecule has 2 heterocycles. The number of carbonyl (C=O) groups excluding carboxylic acids is 2. The van der Waals surface area contributed by atoms with Gasteiger partial charge in [0.15, 0.2) is 0 Å². The summed E-state index contributed by atoms with van der Waals surface area (Å²) in [6.07, 6.45) is 3.20. The van der Waals surface area contributed by atoms with Crippen LogP contribution < -0.4 is 5.32 Å². The van der Waals surface area contributed by atoms with Crippen molar-refractivity contribution in [2.45, 2.75) is 52.1 Å². The molecule has 1 aromatic heterocycles. The fourth-order valence-corrected chi connectivity index (χ4v) is 4.24. The van der Waals surface area contributed by atoms with Gasteiger partial charge in [0.25, 0.3) is 5.91 Å². The molecule has 0 bridgehead atoms. The summed E-state index contributed by atoms with van der Waals surface area (Å²) in [5, 5.41) is 3.07. The second kappa shape index (κ2) is 7.23. The van der Waals surface area contributed by atoms with E-state index < -0.39 is 0 Å². The van der Waals surface area contributed by atoms with Crippen LogP contribution in [0.4, 0.5) is 0 Å². The minimum absolute atomic E-state index is 0.112. The Hall–Kier alpha value is -1.40. The summed E-state index contributed by atoms with van der Waals surface area (Å²) in [5.74, 6) is 0.260. The Morgan fingerprint density at radius 1 is 1.29 bits per heavy atom. The first-order valence-electron chi connectivity index (χ1n) is 8.92. The molecule has 5 nitrogen and oxygen atoms in total. The van der Waals surface area contributed by atoms with Gasteiger partial charge in [0.1, 0.15) is 0 Å². The highest BCUT2D eigenvalue weighted by molar-refractivity contribution is 7.14. The van der Waals surface area contributed by atoms with Crippen molar-refractivity contribution in [3.05, 3.63) is 21.4 Å². The molecule has 0 radical (unpaired) electrons. The number of rotatable bonds is 5. The molecule has 3 rings (SSSR count). The standard InChI is InChI=1S/C18H27N3O2S/c1-4-15-12(2)11-16(24-15)18(23)21-9-7-20(8-10-21)13(3)17(22)19-14-5-6-14/h11,13-14H,4-10H2,1-3H3,(H,19,22). The lowest BCUT2D eigenvalue weighted by Gasteiger charge is -2.37. The maximum absolute atomic E-state index is 12.7. The molecule has 1 saturated carbocycles. The fourth-order valence-electron chi connectivity index (χ4n) is 3.16. The predicted molar refractivity (Wildman–Crippen MR) is 96.5 cm³/mol. The van der Waals surface area contributed by atoms with E-state index >= 15 is 0 Å². The number of aryl methyl sites for hydroxylation is 2. The molecular weight excluding hydrogens is 322 g/mol. The number of amides is 2. The summed E-state index contributed by atoms with van der Waals surface area (Å²) in [7, 11) is 0. The third-order valence-electron chi connectivity index (χ3n) is 5.00. The molecule has 0 spiro atoms. The van der Waals surface area contributed by atoms with Gasteiger partial charge in [-0.3, -0.25) is 14.5 Å². The van der Waals surface area contributed by atoms with Crippen LogP contribution in [0.3, 0.4) is 0 Å². The molecule has 1 aliphatic heterocycles. The number of nitrogens with one attached hydrogen (secondary N) is 1. The number of piperazine rings is 1. The first-order valence-corrected chi connectivity index (χ1v) is 9.74. The summed E-state index contributed by atoms with van der Waals surface area (Å²) in [6.45, 7) is 9.07. The van der Waals surface area contributed by atoms with Gasteiger partial charge in [0.05, 0.1) is 10.9 Å². The lowest BCUT2D eigenvalue weighted by molar-refractivity contribution is -0.126. The first-order chi connectivity index (χ1) is 11.5. The van der Waals surface area contributed by atoms with Crippen LogP contribution in [0.1, 0.15) is 46.8 Å². The van der Waals surface area contributed by atoms with Crippen LogP contribution in [-0.4, -0.2) is 59.9 Å². The first kappa shape index (κ1) is 17.4. The average molecular weight is 350 g/mol. The van der Waals surface area contributed by atoms with Gasteiger partial charge < -0.3 is 10.2 Å². The third-order valence-corrected chi connectivity index (χ3v) is 6.37. The van der Waals surface area contributed by atoms with E-state index in [1.807, 2.05) is 17.9 Å². The second-order valence-electron chi connectivity index (χ2n) is 6.86. The quantitative estimate of drug-likeness (QED) is 0.885. The lowest BCUT2D eigenvalue weighted by atomic mass is 10.2. The molecule has 1 atom stereocenters. The molecule has 1 N–H and O–H groups in total. The van der Waals surface area contributed by atoms with Gasteiger partial charge in [-0.15, -0.1) is 11.3 Å². The highest BCUT2D eigenvalue weighted by Gasteiger charge is 2.31. The molecule has 2 fully saturated rings. The second-order valence-corrected chi connectivity index (χ2v) is 7.99. The molecule has 2 aliphatic rings. The molecule has 132 valence electrons. The van der Waals surface area contributed by atoms with Crippen molar-refractivity contribution < 1.29 is 9.59 Å². The van der Waals surface area contributed by atoms with E-state index in [0.29, 0.717) is 19.1 Å². The van der Waals surface area contributed by atoms with Crippen molar-refractivity contribution in [2.24, 2.45) is 0 Å². The fraction of sp³-hybridized carbons (Fsp3) is 0.667. The van der Waals surface area contributed by atoms with Gasteiger partial charge in [0, 0.05) is 37.1 Å². The zero-order chi connectivity index (χ0) is 17.3. The summed E-state index contributed by atoms with van der Waals surface area (Å²) >= 11 is 1.62. The van der Waals surface area contributed by atoms with Crippen LogP contribution in [-0.2, 0) is 11.2 Å². The Balaban J connectivity index is 1.53. The number of hydrogen-bond donors (Lipinski definition) is 1. The van der Waals surface area contributed by atoms with Crippen molar-refractivity contribution in [2.75, 3.05) is 26.2 Å². The van der Waals surface area contributed by atoms with Crippen LogP contribution >= 0.6 is 11.3 Å². The normalized spacial score (nSPS) is 20.0. The zero-order valence-electron chi connectivity index (χ0n) is 14.8. The Kier molecular flexibility index (Phi) is 5.25. The van der Waals surface area contributed by atoms with Gasteiger partial charge in [-0.2, -0.15) is 0 Å². The molecule has 6 heteroatoms. The van der Waals surface area contributed by atoms with Crippen molar-refractivity contribution in [3.8, 4) is 0 Å². The van der Waals surface area contributed by atoms with Crippen molar-refractivity contribution >= 4 is 23.2 Å². The van der Waals surface area contributed by atoms with Gasteiger partial charge in [-0.1, -0.05) is 6.92 Å². The molecule has 1 aromatic rings. The molecule has 1 saturated heterocycles.